The van der Waals surface area contributed by atoms with Crippen molar-refractivity contribution in [1.82, 2.24) is 20.1 Å². The highest BCUT2D eigenvalue weighted by molar-refractivity contribution is 5.84. The number of benzene rings is 1. The van der Waals surface area contributed by atoms with Crippen molar-refractivity contribution in [3.8, 4) is 11.6 Å². The minimum Gasteiger partial charge on any atom is -0.468 e. The third-order valence-electron chi connectivity index (χ3n) is 4.19. The van der Waals surface area contributed by atoms with Gasteiger partial charge in [-0.15, -0.1) is 0 Å². The van der Waals surface area contributed by atoms with E-state index in [2.05, 4.69) is 15.4 Å². The summed E-state index contributed by atoms with van der Waals surface area (Å²) in [5, 5.41) is 8.45. The molecule has 6 heteroatoms. The van der Waals surface area contributed by atoms with E-state index in [1.165, 1.54) is 5.56 Å². The zero-order chi connectivity index (χ0) is 18.7. The quantitative estimate of drug-likeness (QED) is 0.739. The summed E-state index contributed by atoms with van der Waals surface area (Å²) in [7, 11) is 0. The first-order valence-electron chi connectivity index (χ1n) is 8.83. The molecule has 6 nitrogen and oxygen atoms in total. The Morgan fingerprint density at radius 3 is 2.62 bits per heavy atom. The average molecular weight is 352 g/mol. The van der Waals surface area contributed by atoms with Gasteiger partial charge >= 0.3 is 0 Å². The summed E-state index contributed by atoms with van der Waals surface area (Å²) in [5.41, 5.74) is 4.80. The molecule has 3 rings (SSSR count). The van der Waals surface area contributed by atoms with E-state index in [4.69, 9.17) is 4.74 Å². The molecule has 0 unspecified atom stereocenters. The van der Waals surface area contributed by atoms with Crippen molar-refractivity contribution in [2.24, 2.45) is 0 Å². The lowest BCUT2D eigenvalue weighted by Gasteiger charge is -2.09. The highest BCUT2D eigenvalue weighted by Gasteiger charge is 2.15. The number of pyridine rings is 1. The SMILES string of the molecule is CCCNC(=O)COc1cc(C)c2c(C)nn(-c3ccc(C)cc3)c2n1. The van der Waals surface area contributed by atoms with Crippen LogP contribution < -0.4 is 10.1 Å². The van der Waals surface area contributed by atoms with Crippen LogP contribution in [0.4, 0.5) is 0 Å². The fourth-order valence-electron chi connectivity index (χ4n) is 2.87. The molecule has 26 heavy (non-hydrogen) atoms. The van der Waals surface area contributed by atoms with Crippen LogP contribution in [0.1, 0.15) is 30.2 Å². The molecule has 0 atom stereocenters. The largest absolute Gasteiger partial charge is 0.468 e. The summed E-state index contributed by atoms with van der Waals surface area (Å²) in [5.74, 6) is 0.282. The molecule has 0 aliphatic heterocycles. The van der Waals surface area contributed by atoms with Crippen LogP contribution in [0, 0.1) is 20.8 Å². The van der Waals surface area contributed by atoms with E-state index in [1.54, 1.807) is 0 Å². The monoisotopic (exact) mass is 352 g/mol. The molecule has 2 heterocycles. The van der Waals surface area contributed by atoms with Crippen molar-refractivity contribution < 1.29 is 9.53 Å². The van der Waals surface area contributed by atoms with Gasteiger partial charge in [-0.3, -0.25) is 4.79 Å². The zero-order valence-electron chi connectivity index (χ0n) is 15.7. The number of hydrogen-bond donors (Lipinski definition) is 1. The molecule has 0 aliphatic rings. The number of carbonyl (C=O) groups is 1. The maximum Gasteiger partial charge on any atom is 0.258 e. The minimum atomic E-state index is -0.144. The lowest BCUT2D eigenvalue weighted by atomic mass is 10.1. The first-order valence-corrected chi connectivity index (χ1v) is 8.83. The number of nitrogens with one attached hydrogen (secondary N) is 1. The lowest BCUT2D eigenvalue weighted by molar-refractivity contribution is -0.123. The van der Waals surface area contributed by atoms with Gasteiger partial charge in [-0.25, -0.2) is 4.68 Å². The molecule has 1 amide bonds. The predicted molar refractivity (Wildman–Crippen MR) is 102 cm³/mol. The first kappa shape index (κ1) is 17.9. The summed E-state index contributed by atoms with van der Waals surface area (Å²) in [6, 6.07) is 9.98. The number of fused-ring (bicyclic) bond motifs is 1. The van der Waals surface area contributed by atoms with Crippen LogP contribution in [-0.2, 0) is 4.79 Å². The Kier molecular flexibility index (Phi) is 5.21. The summed E-state index contributed by atoms with van der Waals surface area (Å²) >= 11 is 0. The van der Waals surface area contributed by atoms with Gasteiger partial charge in [0.15, 0.2) is 12.3 Å². The topological polar surface area (TPSA) is 69.0 Å². The van der Waals surface area contributed by atoms with Crippen LogP contribution in [0.5, 0.6) is 5.88 Å². The van der Waals surface area contributed by atoms with Crippen LogP contribution in [-0.4, -0.2) is 33.8 Å². The summed E-state index contributed by atoms with van der Waals surface area (Å²) in [6.45, 7) is 8.63. The van der Waals surface area contributed by atoms with E-state index in [-0.39, 0.29) is 12.5 Å². The van der Waals surface area contributed by atoms with Crippen LogP contribution in [0.3, 0.4) is 0 Å². The molecule has 1 aromatic carbocycles. The predicted octanol–water partition coefficient (Wildman–Crippen LogP) is 3.25. The number of aromatic nitrogens is 3. The molecular weight excluding hydrogens is 328 g/mol. The van der Waals surface area contributed by atoms with Crippen molar-refractivity contribution in [3.05, 3.63) is 47.2 Å². The van der Waals surface area contributed by atoms with E-state index < -0.39 is 0 Å². The van der Waals surface area contributed by atoms with Crippen LogP contribution in [0.2, 0.25) is 0 Å². The van der Waals surface area contributed by atoms with Crippen molar-refractivity contribution in [3.63, 3.8) is 0 Å². The van der Waals surface area contributed by atoms with Crippen molar-refractivity contribution in [2.45, 2.75) is 34.1 Å². The average Bonchev–Trinajstić information content (AvgIpc) is 2.96. The minimum absolute atomic E-state index is 0.0460. The van der Waals surface area contributed by atoms with Crippen molar-refractivity contribution >= 4 is 16.9 Å². The lowest BCUT2D eigenvalue weighted by Crippen LogP contribution is -2.29. The molecule has 0 radical (unpaired) electrons. The molecule has 0 saturated carbocycles. The highest BCUT2D eigenvalue weighted by atomic mass is 16.5. The molecule has 0 fully saturated rings. The Labute approximate surface area is 153 Å². The number of nitrogens with zero attached hydrogens (tertiary/aromatic N) is 3. The van der Waals surface area contributed by atoms with Crippen molar-refractivity contribution in [1.29, 1.82) is 0 Å². The Hall–Kier alpha value is -2.89. The number of hydrogen-bond acceptors (Lipinski definition) is 4. The number of rotatable bonds is 6. The molecule has 0 spiro atoms. The smallest absolute Gasteiger partial charge is 0.258 e. The van der Waals surface area contributed by atoms with E-state index >= 15 is 0 Å². The first-order chi connectivity index (χ1) is 12.5. The molecule has 136 valence electrons. The van der Waals surface area contributed by atoms with Gasteiger partial charge in [0.1, 0.15) is 0 Å². The van der Waals surface area contributed by atoms with Gasteiger partial charge in [0.25, 0.3) is 5.91 Å². The van der Waals surface area contributed by atoms with Crippen LogP contribution in [0.25, 0.3) is 16.7 Å². The van der Waals surface area contributed by atoms with Gasteiger partial charge in [0.05, 0.1) is 11.4 Å². The molecule has 1 N–H and O–H groups in total. The van der Waals surface area contributed by atoms with E-state index in [0.717, 1.165) is 34.4 Å². The van der Waals surface area contributed by atoms with Gasteiger partial charge in [0.2, 0.25) is 5.88 Å². The molecule has 3 aromatic rings. The highest BCUT2D eigenvalue weighted by Crippen LogP contribution is 2.26. The second kappa shape index (κ2) is 7.56. The molecule has 0 saturated heterocycles. The third-order valence-corrected chi connectivity index (χ3v) is 4.19. The summed E-state index contributed by atoms with van der Waals surface area (Å²) < 4.78 is 7.43. The van der Waals surface area contributed by atoms with Gasteiger partial charge in [0, 0.05) is 18.0 Å². The number of aryl methyl sites for hydroxylation is 3. The Morgan fingerprint density at radius 1 is 1.19 bits per heavy atom. The second-order valence-electron chi connectivity index (χ2n) is 6.45. The fourth-order valence-corrected chi connectivity index (χ4v) is 2.87. The number of amides is 1. The second-order valence-corrected chi connectivity index (χ2v) is 6.45. The molecule has 0 aliphatic carbocycles. The van der Waals surface area contributed by atoms with E-state index in [1.807, 2.05) is 62.7 Å². The Bertz CT molecular complexity index is 929. The van der Waals surface area contributed by atoms with Gasteiger partial charge < -0.3 is 10.1 Å². The number of carbonyl (C=O) groups excluding carboxylic acids is 1. The van der Waals surface area contributed by atoms with Crippen LogP contribution in [0.15, 0.2) is 30.3 Å². The van der Waals surface area contributed by atoms with Crippen LogP contribution >= 0.6 is 0 Å². The maximum absolute atomic E-state index is 11.8. The van der Waals surface area contributed by atoms with E-state index in [0.29, 0.717) is 12.4 Å². The number of ether oxygens (including phenoxy) is 1. The molecule has 0 bridgehead atoms. The van der Waals surface area contributed by atoms with E-state index in [9.17, 15) is 4.79 Å². The normalized spacial score (nSPS) is 10.9. The van der Waals surface area contributed by atoms with Gasteiger partial charge in [-0.05, 0) is 44.9 Å². The fraction of sp³-hybridized carbons (Fsp3) is 0.350. The summed E-state index contributed by atoms with van der Waals surface area (Å²) in [4.78, 5) is 16.4. The van der Waals surface area contributed by atoms with Crippen molar-refractivity contribution in [2.75, 3.05) is 13.2 Å². The zero-order valence-corrected chi connectivity index (χ0v) is 15.7. The Morgan fingerprint density at radius 2 is 1.92 bits per heavy atom. The molecular formula is C20H24N4O2. The molecule has 2 aromatic heterocycles. The Balaban J connectivity index is 1.94. The summed E-state index contributed by atoms with van der Waals surface area (Å²) in [6.07, 6.45) is 0.893. The van der Waals surface area contributed by atoms with Gasteiger partial charge in [-0.1, -0.05) is 24.6 Å². The standard InChI is InChI=1S/C20H24N4O2/c1-5-10-21-17(25)12-26-18-11-14(3)19-15(4)23-24(20(19)22-18)16-8-6-13(2)7-9-16/h6-9,11H,5,10,12H2,1-4H3,(H,21,25). The third kappa shape index (κ3) is 3.69. The maximum atomic E-state index is 11.8. The van der Waals surface area contributed by atoms with Gasteiger partial charge in [-0.2, -0.15) is 10.1 Å².